The molecule has 30 heavy (non-hydrogen) atoms. The van der Waals surface area contributed by atoms with Crippen molar-refractivity contribution in [3.8, 4) is 11.5 Å². The van der Waals surface area contributed by atoms with Crippen molar-refractivity contribution < 1.29 is 23.8 Å². The second-order valence-corrected chi connectivity index (χ2v) is 8.44. The fourth-order valence-electron chi connectivity index (χ4n) is 4.32. The molecule has 2 aromatic carbocycles. The molecule has 4 rings (SSSR count). The second kappa shape index (κ2) is 9.04. The van der Waals surface area contributed by atoms with E-state index in [4.69, 9.17) is 9.47 Å². The Morgan fingerprint density at radius 2 is 2.03 bits per heavy atom. The van der Waals surface area contributed by atoms with E-state index in [0.717, 1.165) is 42.8 Å². The monoisotopic (exact) mass is 413 g/mol. The highest BCUT2D eigenvalue weighted by Gasteiger charge is 2.34. The minimum Gasteiger partial charge on any atom is -0.496 e. The van der Waals surface area contributed by atoms with E-state index in [1.807, 2.05) is 24.3 Å². The lowest BCUT2D eigenvalue weighted by Gasteiger charge is -2.39. The van der Waals surface area contributed by atoms with Crippen LogP contribution in [-0.4, -0.2) is 42.8 Å². The fourth-order valence-corrected chi connectivity index (χ4v) is 4.32. The summed E-state index contributed by atoms with van der Waals surface area (Å²) >= 11 is 0. The third-order valence-corrected chi connectivity index (χ3v) is 6.03. The van der Waals surface area contributed by atoms with Crippen LogP contribution in [0, 0.1) is 17.7 Å². The smallest absolute Gasteiger partial charge is 0.303 e. The molecule has 0 unspecified atom stereocenters. The van der Waals surface area contributed by atoms with E-state index in [0.29, 0.717) is 30.7 Å². The zero-order valence-corrected chi connectivity index (χ0v) is 17.2. The van der Waals surface area contributed by atoms with Crippen molar-refractivity contribution in [2.45, 2.75) is 31.7 Å². The van der Waals surface area contributed by atoms with Gasteiger partial charge in [-0.2, -0.15) is 0 Å². The van der Waals surface area contributed by atoms with Crippen molar-refractivity contribution >= 4 is 5.97 Å². The third kappa shape index (κ3) is 5.11. The molecule has 5 nitrogen and oxygen atoms in total. The summed E-state index contributed by atoms with van der Waals surface area (Å²) in [5.74, 6) is 1.49. The number of hydrogen-bond acceptors (Lipinski definition) is 4. The van der Waals surface area contributed by atoms with Crippen molar-refractivity contribution in [3.63, 3.8) is 0 Å². The van der Waals surface area contributed by atoms with E-state index in [9.17, 15) is 14.3 Å². The van der Waals surface area contributed by atoms with Crippen LogP contribution in [0.2, 0.25) is 0 Å². The fraction of sp³-hybridized carbons (Fsp3) is 0.458. The van der Waals surface area contributed by atoms with Gasteiger partial charge in [-0.15, -0.1) is 0 Å². The molecule has 1 N–H and O–H groups in total. The van der Waals surface area contributed by atoms with Crippen LogP contribution >= 0.6 is 0 Å². The molecule has 2 fully saturated rings. The Morgan fingerprint density at radius 3 is 2.73 bits per heavy atom. The van der Waals surface area contributed by atoms with Crippen LogP contribution in [0.25, 0.3) is 0 Å². The molecule has 0 amide bonds. The largest absolute Gasteiger partial charge is 0.496 e. The first-order valence-electron chi connectivity index (χ1n) is 10.5. The summed E-state index contributed by atoms with van der Waals surface area (Å²) in [6.07, 6.45) is 2.39. The number of carbonyl (C=O) groups is 1. The van der Waals surface area contributed by atoms with Crippen molar-refractivity contribution in [1.29, 1.82) is 0 Å². The van der Waals surface area contributed by atoms with Crippen molar-refractivity contribution in [1.82, 2.24) is 4.90 Å². The van der Waals surface area contributed by atoms with Gasteiger partial charge >= 0.3 is 5.97 Å². The number of aliphatic carboxylic acids is 1. The number of carboxylic acids is 1. The molecule has 2 aliphatic rings. The summed E-state index contributed by atoms with van der Waals surface area (Å²) in [6, 6.07) is 12.5. The molecule has 1 aliphatic heterocycles. The van der Waals surface area contributed by atoms with Gasteiger partial charge in [0.25, 0.3) is 0 Å². The molecular weight excluding hydrogens is 385 g/mol. The van der Waals surface area contributed by atoms with Gasteiger partial charge in [0.05, 0.1) is 20.1 Å². The number of halogens is 1. The SMILES string of the molecule is COc1ccc(F)cc1CN1CC(COc2cccc([C@@H](CC(=O)O)C3CC3)c2)C1. The molecule has 0 radical (unpaired) electrons. The Balaban J connectivity index is 1.28. The number of hydrogen-bond donors (Lipinski definition) is 1. The van der Waals surface area contributed by atoms with Gasteiger partial charge in [0.2, 0.25) is 0 Å². The maximum atomic E-state index is 13.5. The molecule has 0 spiro atoms. The minimum absolute atomic E-state index is 0.0755. The van der Waals surface area contributed by atoms with Crippen LogP contribution < -0.4 is 9.47 Å². The van der Waals surface area contributed by atoms with Gasteiger partial charge in [0.15, 0.2) is 0 Å². The Bertz CT molecular complexity index is 893. The number of rotatable bonds is 10. The number of ether oxygens (including phenoxy) is 2. The lowest BCUT2D eigenvalue weighted by atomic mass is 9.91. The Morgan fingerprint density at radius 1 is 1.23 bits per heavy atom. The highest BCUT2D eigenvalue weighted by molar-refractivity contribution is 5.68. The van der Waals surface area contributed by atoms with Crippen molar-refractivity contribution in [2.24, 2.45) is 11.8 Å². The third-order valence-electron chi connectivity index (χ3n) is 6.03. The number of carboxylic acid groups (broad SMARTS) is 1. The Labute approximate surface area is 176 Å². The van der Waals surface area contributed by atoms with Crippen LogP contribution in [-0.2, 0) is 11.3 Å². The lowest BCUT2D eigenvalue weighted by Crippen LogP contribution is -2.48. The lowest BCUT2D eigenvalue weighted by molar-refractivity contribution is -0.137. The molecule has 6 heteroatoms. The summed E-state index contributed by atoms with van der Waals surface area (Å²) < 4.78 is 24.9. The highest BCUT2D eigenvalue weighted by atomic mass is 19.1. The normalized spacial score (nSPS) is 17.9. The molecule has 1 heterocycles. The van der Waals surface area contributed by atoms with Gasteiger partial charge in [-0.25, -0.2) is 4.39 Å². The van der Waals surface area contributed by atoms with Crippen molar-refractivity contribution in [3.05, 3.63) is 59.4 Å². The number of benzene rings is 2. The van der Waals surface area contributed by atoms with Crippen LogP contribution in [0.3, 0.4) is 0 Å². The van der Waals surface area contributed by atoms with E-state index < -0.39 is 5.97 Å². The second-order valence-electron chi connectivity index (χ2n) is 8.44. The summed E-state index contributed by atoms with van der Waals surface area (Å²) in [5, 5.41) is 9.22. The summed E-state index contributed by atoms with van der Waals surface area (Å²) in [5.41, 5.74) is 1.92. The van der Waals surface area contributed by atoms with Gasteiger partial charge in [-0.3, -0.25) is 9.69 Å². The van der Waals surface area contributed by atoms with Gasteiger partial charge in [0.1, 0.15) is 17.3 Å². The molecule has 1 aliphatic carbocycles. The average molecular weight is 413 g/mol. The van der Waals surface area contributed by atoms with Gasteiger partial charge in [-0.1, -0.05) is 12.1 Å². The maximum Gasteiger partial charge on any atom is 0.303 e. The molecule has 1 atom stereocenters. The topological polar surface area (TPSA) is 59.0 Å². The van der Waals surface area contributed by atoms with Crippen LogP contribution in [0.15, 0.2) is 42.5 Å². The number of nitrogens with zero attached hydrogens (tertiary/aromatic N) is 1. The van der Waals surface area contributed by atoms with E-state index in [-0.39, 0.29) is 18.2 Å². The summed E-state index contributed by atoms with van der Waals surface area (Å²) in [4.78, 5) is 13.5. The van der Waals surface area contributed by atoms with E-state index in [2.05, 4.69) is 4.90 Å². The van der Waals surface area contributed by atoms with Crippen molar-refractivity contribution in [2.75, 3.05) is 26.8 Å². The van der Waals surface area contributed by atoms with E-state index in [1.165, 1.54) is 12.1 Å². The minimum atomic E-state index is -0.747. The quantitative estimate of drug-likeness (QED) is 0.629. The molecule has 1 saturated heterocycles. The zero-order valence-electron chi connectivity index (χ0n) is 17.2. The zero-order chi connectivity index (χ0) is 21.1. The van der Waals surface area contributed by atoms with E-state index in [1.54, 1.807) is 13.2 Å². The summed E-state index contributed by atoms with van der Waals surface area (Å²) in [7, 11) is 1.60. The maximum absolute atomic E-state index is 13.5. The Hall–Kier alpha value is -2.60. The van der Waals surface area contributed by atoms with Gasteiger partial charge < -0.3 is 14.6 Å². The first kappa shape index (κ1) is 20.7. The number of methoxy groups -OCH3 is 1. The predicted molar refractivity (Wildman–Crippen MR) is 111 cm³/mol. The molecular formula is C24H28FNO4. The standard InChI is InChI=1S/C24H28FNO4/c1-29-23-8-7-20(25)9-19(23)14-26-12-16(13-26)15-30-21-4-2-3-18(10-21)22(11-24(27)28)17-5-6-17/h2-4,7-10,16-17,22H,5-6,11-15H2,1H3,(H,27,28)/t22-/m0/s1. The van der Waals surface area contributed by atoms with Crippen LogP contribution in [0.1, 0.15) is 36.3 Å². The molecule has 2 aromatic rings. The molecule has 0 aromatic heterocycles. The first-order chi connectivity index (χ1) is 14.5. The van der Waals surface area contributed by atoms with Crippen LogP contribution in [0.5, 0.6) is 11.5 Å². The summed E-state index contributed by atoms with van der Waals surface area (Å²) in [6.45, 7) is 3.06. The Kier molecular flexibility index (Phi) is 6.23. The van der Waals surface area contributed by atoms with E-state index >= 15 is 0 Å². The molecule has 0 bridgehead atoms. The van der Waals surface area contributed by atoms with Gasteiger partial charge in [-0.05, 0) is 60.6 Å². The van der Waals surface area contributed by atoms with Gasteiger partial charge in [0, 0.05) is 31.1 Å². The van der Waals surface area contributed by atoms with Crippen LogP contribution in [0.4, 0.5) is 4.39 Å². The predicted octanol–water partition coefficient (Wildman–Crippen LogP) is 4.31. The molecule has 160 valence electrons. The number of likely N-dealkylation sites (tertiary alicyclic amines) is 1. The average Bonchev–Trinajstić information content (AvgIpc) is 3.53. The molecule has 1 saturated carbocycles. The first-order valence-corrected chi connectivity index (χ1v) is 10.5. The highest BCUT2D eigenvalue weighted by Crippen LogP contribution is 2.45.